The molecule has 0 atom stereocenters. The normalized spacial score (nSPS) is 15.7. The molecule has 28 heavy (non-hydrogen) atoms. The molecule has 0 radical (unpaired) electrons. The van der Waals surface area contributed by atoms with Crippen LogP contribution in [-0.4, -0.2) is 10.4 Å². The van der Waals surface area contributed by atoms with E-state index in [9.17, 15) is 0 Å². The number of rotatable bonds is 2. The van der Waals surface area contributed by atoms with Gasteiger partial charge in [-0.2, -0.15) is 8.80 Å². The number of para-hydroxylation sites is 1. The van der Waals surface area contributed by atoms with Gasteiger partial charge in [-0.3, -0.25) is 0 Å². The van der Waals surface area contributed by atoms with Crippen LogP contribution in [0.5, 0.6) is 0 Å². The van der Waals surface area contributed by atoms with Gasteiger partial charge in [0.25, 0.3) is 5.65 Å². The molecule has 3 heteroatoms. The summed E-state index contributed by atoms with van der Waals surface area (Å²) < 4.78 is 4.67. The lowest BCUT2D eigenvalue weighted by atomic mass is 9.95. The summed E-state index contributed by atoms with van der Waals surface area (Å²) in [4.78, 5) is 0. The highest BCUT2D eigenvalue weighted by molar-refractivity contribution is 5.86. The Morgan fingerprint density at radius 1 is 0.821 bits per heavy atom. The van der Waals surface area contributed by atoms with Gasteiger partial charge in [0.2, 0.25) is 0 Å². The van der Waals surface area contributed by atoms with Crippen molar-refractivity contribution in [1.82, 2.24) is 4.40 Å². The number of aromatic nitrogens is 2. The second kappa shape index (κ2) is 6.23. The Morgan fingerprint density at radius 3 is 2.61 bits per heavy atom. The Morgan fingerprint density at radius 2 is 1.68 bits per heavy atom. The van der Waals surface area contributed by atoms with Crippen molar-refractivity contribution in [2.75, 3.05) is 5.32 Å². The number of anilines is 1. The molecule has 2 aromatic carbocycles. The topological polar surface area (TPSA) is 20.5 Å². The first-order valence-electron chi connectivity index (χ1n) is 10.4. The predicted molar refractivity (Wildman–Crippen MR) is 116 cm³/mol. The van der Waals surface area contributed by atoms with Crippen LogP contribution in [0, 0.1) is 0 Å². The van der Waals surface area contributed by atoms with Crippen LogP contribution in [-0.2, 0) is 0 Å². The molecule has 6 rings (SSSR count). The Bertz CT molecular complexity index is 1330. The van der Waals surface area contributed by atoms with Crippen LogP contribution in [0.4, 0.5) is 5.69 Å². The minimum absolute atomic E-state index is 0.631. The number of fused-ring (bicyclic) bond motifs is 7. The number of hydrogen-bond acceptors (Lipinski definition) is 1. The Labute approximate surface area is 164 Å². The Balaban J connectivity index is 1.51. The van der Waals surface area contributed by atoms with Gasteiger partial charge in [-0.25, -0.2) is 0 Å². The van der Waals surface area contributed by atoms with Gasteiger partial charge in [-0.05, 0) is 55.3 Å². The van der Waals surface area contributed by atoms with Crippen molar-refractivity contribution in [3.63, 3.8) is 0 Å². The first-order valence-corrected chi connectivity index (χ1v) is 10.4. The number of nitrogens with zero attached hydrogens (tertiary/aromatic N) is 2. The van der Waals surface area contributed by atoms with E-state index in [1.54, 1.807) is 0 Å². The zero-order valence-electron chi connectivity index (χ0n) is 15.9. The summed E-state index contributed by atoms with van der Waals surface area (Å²) in [5.41, 5.74) is 6.16. The molecule has 1 aliphatic rings. The monoisotopic (exact) mass is 366 g/mol. The lowest BCUT2D eigenvalue weighted by molar-refractivity contribution is -0.479. The molecule has 3 nitrogen and oxygen atoms in total. The number of pyridine rings is 2. The van der Waals surface area contributed by atoms with E-state index in [4.69, 9.17) is 0 Å². The van der Waals surface area contributed by atoms with Crippen molar-refractivity contribution >= 4 is 38.7 Å². The molecule has 5 aromatic rings. The summed E-state index contributed by atoms with van der Waals surface area (Å²) in [5.74, 6) is 0. The first kappa shape index (κ1) is 15.9. The van der Waals surface area contributed by atoms with E-state index in [0.29, 0.717) is 6.04 Å². The number of nitrogens with one attached hydrogen (secondary N) is 1. The Hall–Kier alpha value is -3.07. The second-order valence-corrected chi connectivity index (χ2v) is 8.10. The fourth-order valence-electron chi connectivity index (χ4n) is 4.88. The highest BCUT2D eigenvalue weighted by atomic mass is 15.1. The zero-order valence-corrected chi connectivity index (χ0v) is 15.9. The molecule has 3 aromatic heterocycles. The number of imidazole rings is 1. The quantitative estimate of drug-likeness (QED) is 0.396. The average molecular weight is 366 g/mol. The van der Waals surface area contributed by atoms with E-state index in [-0.39, 0.29) is 0 Å². The third-order valence-electron chi connectivity index (χ3n) is 6.28. The maximum absolute atomic E-state index is 3.76. The van der Waals surface area contributed by atoms with Crippen molar-refractivity contribution in [3.05, 3.63) is 72.9 Å². The first-order chi connectivity index (χ1) is 13.9. The molecule has 1 saturated carbocycles. The van der Waals surface area contributed by atoms with Crippen LogP contribution in [0.15, 0.2) is 72.9 Å². The van der Waals surface area contributed by atoms with Gasteiger partial charge in [-0.1, -0.05) is 37.5 Å². The summed E-state index contributed by atoms with van der Waals surface area (Å²) in [6, 6.07) is 24.9. The van der Waals surface area contributed by atoms with Gasteiger partial charge in [0.1, 0.15) is 17.2 Å². The van der Waals surface area contributed by atoms with Gasteiger partial charge in [0, 0.05) is 28.6 Å². The minimum Gasteiger partial charge on any atom is -0.382 e. The largest absolute Gasteiger partial charge is 0.382 e. The molecular weight excluding hydrogens is 342 g/mol. The average Bonchev–Trinajstić information content (AvgIpc) is 3.14. The van der Waals surface area contributed by atoms with Crippen molar-refractivity contribution in [2.24, 2.45) is 0 Å². The van der Waals surface area contributed by atoms with E-state index in [0.717, 1.165) is 0 Å². The van der Waals surface area contributed by atoms with Crippen LogP contribution in [0.1, 0.15) is 32.1 Å². The fraction of sp³-hybridized carbons (Fsp3) is 0.240. The summed E-state index contributed by atoms with van der Waals surface area (Å²) >= 11 is 0. The van der Waals surface area contributed by atoms with E-state index >= 15 is 0 Å². The minimum atomic E-state index is 0.631. The fourth-order valence-corrected chi connectivity index (χ4v) is 4.88. The van der Waals surface area contributed by atoms with Crippen LogP contribution in [0.2, 0.25) is 0 Å². The van der Waals surface area contributed by atoms with Crippen LogP contribution in [0.25, 0.3) is 33.0 Å². The molecule has 0 saturated heterocycles. The van der Waals surface area contributed by atoms with E-state index in [2.05, 4.69) is 87.0 Å². The third-order valence-corrected chi connectivity index (χ3v) is 6.28. The third kappa shape index (κ3) is 2.46. The lowest BCUT2D eigenvalue weighted by Crippen LogP contribution is -2.23. The summed E-state index contributed by atoms with van der Waals surface area (Å²) in [7, 11) is 0. The molecular formula is C25H24N3+. The highest BCUT2D eigenvalue weighted by Gasteiger charge is 2.17. The van der Waals surface area contributed by atoms with Crippen molar-refractivity contribution in [1.29, 1.82) is 0 Å². The van der Waals surface area contributed by atoms with E-state index in [1.165, 1.54) is 70.8 Å². The second-order valence-electron chi connectivity index (χ2n) is 8.10. The van der Waals surface area contributed by atoms with Crippen LogP contribution >= 0.6 is 0 Å². The van der Waals surface area contributed by atoms with Crippen molar-refractivity contribution in [2.45, 2.75) is 38.1 Å². The van der Waals surface area contributed by atoms with E-state index in [1.807, 2.05) is 0 Å². The molecule has 3 heterocycles. The smallest absolute Gasteiger partial charge is 0.292 e. The molecule has 0 spiro atoms. The molecule has 1 aliphatic carbocycles. The highest BCUT2D eigenvalue weighted by Crippen LogP contribution is 2.25. The van der Waals surface area contributed by atoms with Crippen molar-refractivity contribution in [3.8, 4) is 0 Å². The zero-order chi connectivity index (χ0) is 18.5. The molecule has 1 fully saturated rings. The van der Waals surface area contributed by atoms with Crippen LogP contribution < -0.4 is 9.72 Å². The van der Waals surface area contributed by atoms with Gasteiger partial charge in [0.15, 0.2) is 5.52 Å². The van der Waals surface area contributed by atoms with Crippen molar-refractivity contribution < 1.29 is 4.40 Å². The lowest BCUT2D eigenvalue weighted by Gasteiger charge is -2.23. The summed E-state index contributed by atoms with van der Waals surface area (Å²) in [5, 5.41) is 6.30. The number of hydrogen-bond donors (Lipinski definition) is 1. The van der Waals surface area contributed by atoms with Gasteiger partial charge in [-0.15, -0.1) is 0 Å². The van der Waals surface area contributed by atoms with Gasteiger partial charge in [0.05, 0.1) is 0 Å². The summed E-state index contributed by atoms with van der Waals surface area (Å²) in [6.07, 6.45) is 8.94. The molecule has 0 aliphatic heterocycles. The Kier molecular flexibility index (Phi) is 3.55. The molecule has 0 unspecified atom stereocenters. The maximum Gasteiger partial charge on any atom is 0.292 e. The SMILES string of the molecule is c1ccc2c(c1)ccc1c[n+]3c4ccc(NC5CCCCC5)cc4ccc3n12. The summed E-state index contributed by atoms with van der Waals surface area (Å²) in [6.45, 7) is 0. The van der Waals surface area contributed by atoms with Gasteiger partial charge >= 0.3 is 0 Å². The predicted octanol–water partition coefficient (Wildman–Crippen LogP) is 5.73. The molecule has 1 N–H and O–H groups in total. The maximum atomic E-state index is 3.76. The van der Waals surface area contributed by atoms with Crippen LogP contribution in [0.3, 0.4) is 0 Å². The molecule has 138 valence electrons. The standard InChI is InChI=1S/C25H24N3/c1-2-7-20(8-3-1)26-21-12-14-23-19(16-21)11-15-25-27(23)17-22-13-10-18-6-4-5-9-24(18)28(22)25/h4-6,9-17,20,26H,1-3,7-8H2/q+1. The molecule has 0 bridgehead atoms. The number of benzene rings is 2. The van der Waals surface area contributed by atoms with E-state index < -0.39 is 0 Å². The van der Waals surface area contributed by atoms with Gasteiger partial charge < -0.3 is 5.32 Å². The molecule has 0 amide bonds.